The van der Waals surface area contributed by atoms with Crippen LogP contribution in [0.1, 0.15) is 9.78 Å². The minimum absolute atomic E-state index is 0. The van der Waals surface area contributed by atoms with Crippen molar-refractivity contribution in [3.63, 3.8) is 0 Å². The summed E-state index contributed by atoms with van der Waals surface area (Å²) in [6, 6.07) is 0. The molecule has 0 amide bonds. The van der Waals surface area contributed by atoms with E-state index >= 15 is 0 Å². The number of rotatable bonds is 2. The monoisotopic (exact) mass is 172 g/mol. The fourth-order valence-corrected chi connectivity index (χ4v) is 0.218. The van der Waals surface area contributed by atoms with Crippen LogP contribution in [0.3, 0.4) is 0 Å². The van der Waals surface area contributed by atoms with Crippen LogP contribution in [-0.4, -0.2) is 41.7 Å². The van der Waals surface area contributed by atoms with Gasteiger partial charge in [0.1, 0.15) is 0 Å². The molecule has 3 nitrogen and oxygen atoms in total. The van der Waals surface area contributed by atoms with E-state index in [9.17, 15) is 14.0 Å². The van der Waals surface area contributed by atoms with Gasteiger partial charge in [0.05, 0.1) is 0 Å². The summed E-state index contributed by atoms with van der Waals surface area (Å²) >= 11 is 0. The maximum absolute atomic E-state index is 11.4. The van der Waals surface area contributed by atoms with Gasteiger partial charge in [-0.1, -0.05) is 6.58 Å². The van der Waals surface area contributed by atoms with Gasteiger partial charge in [-0.05, 0) is 6.92 Å². The normalized spacial score (nSPS) is 7.82. The molecule has 11 heavy (non-hydrogen) atoms. The van der Waals surface area contributed by atoms with E-state index in [4.69, 9.17) is 0 Å². The summed E-state index contributed by atoms with van der Waals surface area (Å²) in [6.07, 6.45) is 0. The Hall–Kier alpha value is -0.424. The SMILES string of the molecule is C=C(C)C(=O)OC(=O)CF.[H-].[H-].[Mg+2]. The summed E-state index contributed by atoms with van der Waals surface area (Å²) in [5.41, 5.74) is 0.0711. The third-order valence-corrected chi connectivity index (χ3v) is 0.664. The summed E-state index contributed by atoms with van der Waals surface area (Å²) in [4.78, 5) is 20.5. The predicted octanol–water partition coefficient (Wildman–Crippen LogP) is 0.446. The van der Waals surface area contributed by atoms with Crippen LogP contribution in [0.25, 0.3) is 0 Å². The number of hydrogen-bond donors (Lipinski definition) is 0. The molecule has 0 aliphatic carbocycles. The average Bonchev–Trinajstić information content (AvgIpc) is 1.87. The van der Waals surface area contributed by atoms with Crippen LogP contribution in [0.4, 0.5) is 4.39 Å². The minimum Gasteiger partial charge on any atom is -1.00 e. The molecular weight excluding hydrogens is 163 g/mol. The van der Waals surface area contributed by atoms with Crippen LogP contribution in [-0.2, 0) is 14.3 Å². The third kappa shape index (κ3) is 5.99. The molecule has 0 saturated heterocycles. The first-order valence-electron chi connectivity index (χ1n) is 2.54. The van der Waals surface area contributed by atoms with Crippen molar-refractivity contribution in [1.29, 1.82) is 0 Å². The average molecular weight is 172 g/mol. The molecule has 0 N–H and O–H groups in total. The quantitative estimate of drug-likeness (QED) is 0.263. The van der Waals surface area contributed by atoms with Crippen LogP contribution < -0.4 is 0 Å². The standard InChI is InChI=1S/C6H7FO3.Mg.2H/c1-4(2)6(9)10-5(8)3-7;;;/h1,3H2,2H3;;;/q;+2;2*-1. The molecule has 0 aliphatic rings. The molecule has 0 aromatic heterocycles. The Balaban J connectivity index is -0.000000135. The van der Waals surface area contributed by atoms with Gasteiger partial charge in [0.2, 0.25) is 0 Å². The van der Waals surface area contributed by atoms with Crippen molar-refractivity contribution in [2.75, 3.05) is 6.67 Å². The van der Waals surface area contributed by atoms with Crippen LogP contribution >= 0.6 is 0 Å². The summed E-state index contributed by atoms with van der Waals surface area (Å²) in [6.45, 7) is 3.27. The molecule has 0 bridgehead atoms. The van der Waals surface area contributed by atoms with E-state index in [0.717, 1.165) is 0 Å². The number of alkyl halides is 1. The van der Waals surface area contributed by atoms with Crippen molar-refractivity contribution in [3.05, 3.63) is 12.2 Å². The van der Waals surface area contributed by atoms with Gasteiger partial charge in [-0.15, -0.1) is 0 Å². The van der Waals surface area contributed by atoms with Crippen molar-refractivity contribution in [1.82, 2.24) is 0 Å². The second-order valence-corrected chi connectivity index (χ2v) is 1.68. The van der Waals surface area contributed by atoms with Crippen molar-refractivity contribution in [2.24, 2.45) is 0 Å². The number of ether oxygens (including phenoxy) is 1. The maximum atomic E-state index is 11.4. The maximum Gasteiger partial charge on any atom is 2.00 e. The van der Waals surface area contributed by atoms with Crippen LogP contribution in [0.5, 0.6) is 0 Å². The zero-order valence-corrected chi connectivity index (χ0v) is 7.64. The first kappa shape index (κ1) is 13.2. The zero-order valence-electron chi connectivity index (χ0n) is 8.22. The van der Waals surface area contributed by atoms with E-state index in [-0.39, 0.29) is 31.5 Å². The fraction of sp³-hybridized carbons (Fsp3) is 0.333. The van der Waals surface area contributed by atoms with Crippen molar-refractivity contribution >= 4 is 35.0 Å². The van der Waals surface area contributed by atoms with Gasteiger partial charge < -0.3 is 7.59 Å². The van der Waals surface area contributed by atoms with E-state index in [2.05, 4.69) is 11.3 Å². The van der Waals surface area contributed by atoms with Gasteiger partial charge in [-0.3, -0.25) is 0 Å². The second-order valence-electron chi connectivity index (χ2n) is 1.68. The smallest absolute Gasteiger partial charge is 1.00 e. The minimum atomic E-state index is -1.29. The summed E-state index contributed by atoms with van der Waals surface area (Å²) in [5.74, 6) is -2.07. The molecule has 0 heterocycles. The van der Waals surface area contributed by atoms with Gasteiger partial charge >= 0.3 is 35.0 Å². The van der Waals surface area contributed by atoms with Crippen molar-refractivity contribution in [2.45, 2.75) is 6.92 Å². The zero-order chi connectivity index (χ0) is 8.15. The number of carbonyl (C=O) groups is 2. The van der Waals surface area contributed by atoms with E-state index in [1.54, 1.807) is 0 Å². The van der Waals surface area contributed by atoms with Crippen LogP contribution in [0, 0.1) is 0 Å². The van der Waals surface area contributed by atoms with Gasteiger partial charge in [0.25, 0.3) is 0 Å². The number of carbonyl (C=O) groups excluding carboxylic acids is 2. The molecule has 60 valence electrons. The van der Waals surface area contributed by atoms with Gasteiger partial charge in [-0.2, -0.15) is 0 Å². The van der Waals surface area contributed by atoms with E-state index in [1.165, 1.54) is 6.92 Å². The van der Waals surface area contributed by atoms with Crippen molar-refractivity contribution in [3.8, 4) is 0 Å². The molecule has 0 aliphatic heterocycles. The molecule has 0 aromatic carbocycles. The third-order valence-electron chi connectivity index (χ3n) is 0.664. The number of hydrogen-bond acceptors (Lipinski definition) is 3. The Morgan fingerprint density at radius 2 is 2.09 bits per heavy atom. The van der Waals surface area contributed by atoms with Gasteiger partial charge in [0.15, 0.2) is 6.67 Å². The molecule has 0 aromatic rings. The van der Waals surface area contributed by atoms with Gasteiger partial charge in [-0.25, -0.2) is 14.0 Å². The predicted molar refractivity (Wildman–Crippen MR) is 39.9 cm³/mol. The molecule has 5 heteroatoms. The fourth-order valence-electron chi connectivity index (χ4n) is 0.218. The van der Waals surface area contributed by atoms with Crippen LogP contribution in [0.2, 0.25) is 0 Å². The van der Waals surface area contributed by atoms with E-state index in [1.807, 2.05) is 0 Å². The first-order valence-corrected chi connectivity index (χ1v) is 2.54. The number of halogens is 1. The summed E-state index contributed by atoms with van der Waals surface area (Å²) in [5, 5.41) is 0. The molecular formula is C6H9FMgO3. The Morgan fingerprint density at radius 3 is 2.36 bits per heavy atom. The second kappa shape index (κ2) is 6.30. The Labute approximate surface area is 82.7 Å². The Bertz CT molecular complexity index is 187. The first-order chi connectivity index (χ1) is 4.57. The molecule has 0 unspecified atom stereocenters. The van der Waals surface area contributed by atoms with Gasteiger partial charge in [0, 0.05) is 5.57 Å². The van der Waals surface area contributed by atoms with E-state index < -0.39 is 18.6 Å². The summed E-state index contributed by atoms with van der Waals surface area (Å²) < 4.78 is 15.3. The topological polar surface area (TPSA) is 43.4 Å². The molecule has 0 saturated carbocycles. The molecule has 0 radical (unpaired) electrons. The van der Waals surface area contributed by atoms with Crippen molar-refractivity contribution < 1.29 is 21.6 Å². The molecule has 0 atom stereocenters. The van der Waals surface area contributed by atoms with E-state index in [0.29, 0.717) is 0 Å². The van der Waals surface area contributed by atoms with Crippen LogP contribution in [0.15, 0.2) is 12.2 Å². The summed E-state index contributed by atoms with van der Waals surface area (Å²) in [7, 11) is 0. The largest absolute Gasteiger partial charge is 2.00 e. The Morgan fingerprint density at radius 1 is 1.64 bits per heavy atom. The number of esters is 2. The molecule has 0 rings (SSSR count). The molecule has 0 spiro atoms. The molecule has 0 fully saturated rings. The Kier molecular flexibility index (Phi) is 7.55.